The number of aliphatic hydroxyl groups is 1. The highest BCUT2D eigenvalue weighted by atomic mass is 16.8. The molecule has 2 fully saturated rings. The summed E-state index contributed by atoms with van der Waals surface area (Å²) in [5, 5.41) is 9.11. The van der Waals surface area contributed by atoms with Crippen molar-refractivity contribution < 1.29 is 24.1 Å². The van der Waals surface area contributed by atoms with Crippen LogP contribution >= 0.6 is 0 Å². The second kappa shape index (κ2) is 6.64. The normalized spacial score (nSPS) is 34.0. The van der Waals surface area contributed by atoms with Crippen LogP contribution < -0.4 is 0 Å². The third-order valence-corrected chi connectivity index (χ3v) is 4.49. The standard InChI is InChI=1S/C17H24O5/c1-19-15-8-10-16(20-12-14-6-3-2-4-7-14)13-21-17(15,22-16)9-5-11-18/h2-4,6-7,15,18H,5,8-13H2,1H3. The zero-order valence-electron chi connectivity index (χ0n) is 13.0. The van der Waals surface area contributed by atoms with Crippen LogP contribution in [0.2, 0.25) is 0 Å². The van der Waals surface area contributed by atoms with E-state index < -0.39 is 11.6 Å². The van der Waals surface area contributed by atoms with Crippen LogP contribution in [0, 0.1) is 0 Å². The fourth-order valence-electron chi connectivity index (χ4n) is 3.30. The van der Waals surface area contributed by atoms with Crippen molar-refractivity contribution in [3.05, 3.63) is 35.9 Å². The molecule has 2 heterocycles. The summed E-state index contributed by atoms with van der Waals surface area (Å²) in [4.78, 5) is 0. The minimum Gasteiger partial charge on any atom is -0.396 e. The van der Waals surface area contributed by atoms with E-state index in [1.54, 1.807) is 7.11 Å². The van der Waals surface area contributed by atoms with Gasteiger partial charge in [0.15, 0.2) is 11.6 Å². The summed E-state index contributed by atoms with van der Waals surface area (Å²) < 4.78 is 23.8. The van der Waals surface area contributed by atoms with Crippen molar-refractivity contribution in [2.45, 2.75) is 50.0 Å². The molecule has 0 spiro atoms. The molecule has 2 aliphatic heterocycles. The third-order valence-electron chi connectivity index (χ3n) is 4.49. The Kier molecular flexibility index (Phi) is 4.80. The zero-order chi connectivity index (χ0) is 15.5. The molecule has 2 saturated heterocycles. The third kappa shape index (κ3) is 3.05. The molecule has 5 heteroatoms. The lowest BCUT2D eigenvalue weighted by Gasteiger charge is -2.42. The Bertz CT molecular complexity index is 479. The maximum absolute atomic E-state index is 9.11. The Hall–Kier alpha value is -0.980. The zero-order valence-corrected chi connectivity index (χ0v) is 13.0. The molecule has 2 bridgehead atoms. The fourth-order valence-corrected chi connectivity index (χ4v) is 3.30. The topological polar surface area (TPSA) is 57.2 Å². The van der Waals surface area contributed by atoms with E-state index >= 15 is 0 Å². The van der Waals surface area contributed by atoms with E-state index in [2.05, 4.69) is 0 Å². The van der Waals surface area contributed by atoms with Crippen LogP contribution in [0.4, 0.5) is 0 Å². The summed E-state index contributed by atoms with van der Waals surface area (Å²) in [5.41, 5.74) is 1.11. The first-order valence-electron chi connectivity index (χ1n) is 7.88. The van der Waals surface area contributed by atoms with E-state index in [0.717, 1.165) is 18.4 Å². The number of aliphatic hydroxyl groups excluding tert-OH is 1. The summed E-state index contributed by atoms with van der Waals surface area (Å²) in [7, 11) is 1.67. The molecular formula is C17H24O5. The second-order valence-corrected chi connectivity index (χ2v) is 5.98. The van der Waals surface area contributed by atoms with Crippen LogP contribution in [0.15, 0.2) is 30.3 Å². The van der Waals surface area contributed by atoms with Gasteiger partial charge in [0.2, 0.25) is 0 Å². The molecule has 3 unspecified atom stereocenters. The van der Waals surface area contributed by atoms with Gasteiger partial charge in [-0.3, -0.25) is 0 Å². The molecule has 0 amide bonds. The van der Waals surface area contributed by atoms with E-state index in [1.807, 2.05) is 30.3 Å². The molecule has 1 N–H and O–H groups in total. The van der Waals surface area contributed by atoms with Gasteiger partial charge >= 0.3 is 0 Å². The van der Waals surface area contributed by atoms with Crippen molar-refractivity contribution in [2.24, 2.45) is 0 Å². The predicted octanol–water partition coefficient (Wildman–Crippen LogP) is 2.22. The minimum atomic E-state index is -0.785. The molecule has 3 atom stereocenters. The number of ether oxygens (including phenoxy) is 4. The molecule has 3 rings (SSSR count). The van der Waals surface area contributed by atoms with Crippen molar-refractivity contribution in [1.29, 1.82) is 0 Å². The average Bonchev–Trinajstić information content (AvgIpc) is 2.87. The molecule has 1 aromatic rings. The molecule has 0 aliphatic carbocycles. The van der Waals surface area contributed by atoms with Gasteiger partial charge < -0.3 is 24.1 Å². The lowest BCUT2D eigenvalue weighted by Crippen LogP contribution is -2.52. The Morgan fingerprint density at radius 2 is 2.14 bits per heavy atom. The van der Waals surface area contributed by atoms with Gasteiger partial charge in [0.1, 0.15) is 12.7 Å². The number of rotatable bonds is 7. The average molecular weight is 308 g/mol. The van der Waals surface area contributed by atoms with Gasteiger partial charge in [-0.05, 0) is 18.4 Å². The molecule has 5 nitrogen and oxygen atoms in total. The molecule has 22 heavy (non-hydrogen) atoms. The Balaban J connectivity index is 1.68. The van der Waals surface area contributed by atoms with Gasteiger partial charge in [-0.2, -0.15) is 0 Å². The molecule has 0 aromatic heterocycles. The first-order valence-corrected chi connectivity index (χ1v) is 7.88. The monoisotopic (exact) mass is 308 g/mol. The molecular weight excluding hydrogens is 284 g/mol. The van der Waals surface area contributed by atoms with Gasteiger partial charge in [-0.15, -0.1) is 0 Å². The van der Waals surface area contributed by atoms with Crippen LogP contribution in [0.5, 0.6) is 0 Å². The van der Waals surface area contributed by atoms with E-state index in [-0.39, 0.29) is 12.7 Å². The summed E-state index contributed by atoms with van der Waals surface area (Å²) in [5.74, 6) is -1.48. The van der Waals surface area contributed by atoms with Crippen molar-refractivity contribution in [3.63, 3.8) is 0 Å². The number of methoxy groups -OCH3 is 1. The number of hydrogen-bond acceptors (Lipinski definition) is 5. The van der Waals surface area contributed by atoms with Gasteiger partial charge in [0, 0.05) is 26.6 Å². The Labute approximate surface area is 131 Å². The molecule has 0 saturated carbocycles. The SMILES string of the molecule is COC1CCC2(OCc3ccccc3)COC1(CCCO)O2. The molecule has 2 aliphatic rings. The first-order chi connectivity index (χ1) is 10.7. The van der Waals surface area contributed by atoms with Crippen molar-refractivity contribution in [1.82, 2.24) is 0 Å². The van der Waals surface area contributed by atoms with Gasteiger partial charge in [-0.1, -0.05) is 30.3 Å². The first kappa shape index (κ1) is 15.9. The van der Waals surface area contributed by atoms with Crippen LogP contribution in [0.25, 0.3) is 0 Å². The van der Waals surface area contributed by atoms with E-state index in [0.29, 0.717) is 26.1 Å². The van der Waals surface area contributed by atoms with Crippen LogP contribution in [0.1, 0.15) is 31.2 Å². The number of hydrogen-bond donors (Lipinski definition) is 1. The highest BCUT2D eigenvalue weighted by molar-refractivity contribution is 5.13. The van der Waals surface area contributed by atoms with E-state index in [1.165, 1.54) is 0 Å². The van der Waals surface area contributed by atoms with Crippen molar-refractivity contribution in [2.75, 3.05) is 20.3 Å². The quantitative estimate of drug-likeness (QED) is 0.837. The van der Waals surface area contributed by atoms with E-state index in [4.69, 9.17) is 24.1 Å². The highest BCUT2D eigenvalue weighted by Crippen LogP contribution is 2.47. The highest BCUT2D eigenvalue weighted by Gasteiger charge is 2.59. The van der Waals surface area contributed by atoms with Crippen LogP contribution in [-0.2, 0) is 25.6 Å². The lowest BCUT2D eigenvalue weighted by atomic mass is 9.95. The molecule has 0 radical (unpaired) electrons. The smallest absolute Gasteiger partial charge is 0.198 e. The fraction of sp³-hybridized carbons (Fsp3) is 0.647. The number of fused-ring (bicyclic) bond motifs is 2. The second-order valence-electron chi connectivity index (χ2n) is 5.98. The Morgan fingerprint density at radius 3 is 2.86 bits per heavy atom. The summed E-state index contributed by atoms with van der Waals surface area (Å²) >= 11 is 0. The lowest BCUT2D eigenvalue weighted by molar-refractivity contribution is -0.329. The molecule has 1 aromatic carbocycles. The summed E-state index contributed by atoms with van der Waals surface area (Å²) in [6.45, 7) is 1.02. The number of benzene rings is 1. The van der Waals surface area contributed by atoms with E-state index in [9.17, 15) is 0 Å². The Morgan fingerprint density at radius 1 is 1.32 bits per heavy atom. The molecule has 122 valence electrons. The van der Waals surface area contributed by atoms with Crippen LogP contribution in [-0.4, -0.2) is 43.1 Å². The maximum atomic E-state index is 9.11. The predicted molar refractivity (Wildman–Crippen MR) is 80.1 cm³/mol. The van der Waals surface area contributed by atoms with Gasteiger partial charge in [0.25, 0.3) is 0 Å². The minimum absolute atomic E-state index is 0.114. The van der Waals surface area contributed by atoms with Gasteiger partial charge in [0.05, 0.1) is 6.61 Å². The maximum Gasteiger partial charge on any atom is 0.198 e. The summed E-state index contributed by atoms with van der Waals surface area (Å²) in [6.07, 6.45) is 2.69. The van der Waals surface area contributed by atoms with Crippen molar-refractivity contribution >= 4 is 0 Å². The van der Waals surface area contributed by atoms with Crippen LogP contribution in [0.3, 0.4) is 0 Å². The largest absolute Gasteiger partial charge is 0.396 e. The summed E-state index contributed by atoms with van der Waals surface area (Å²) in [6, 6.07) is 10.0. The van der Waals surface area contributed by atoms with Gasteiger partial charge in [-0.25, -0.2) is 0 Å². The van der Waals surface area contributed by atoms with Crippen molar-refractivity contribution in [3.8, 4) is 0 Å².